The fourth-order valence-corrected chi connectivity index (χ4v) is 4.01. The third-order valence-corrected chi connectivity index (χ3v) is 5.07. The number of hydrogen-bond acceptors (Lipinski definition) is 3. The highest BCUT2D eigenvalue weighted by molar-refractivity contribution is 7.19. The summed E-state index contributed by atoms with van der Waals surface area (Å²) < 4.78 is 14.6. The second-order valence-electron chi connectivity index (χ2n) is 3.88. The van der Waals surface area contributed by atoms with Gasteiger partial charge in [0, 0.05) is 14.5 Å². The molecule has 0 saturated carbocycles. The van der Waals surface area contributed by atoms with Crippen molar-refractivity contribution in [3.63, 3.8) is 0 Å². The van der Waals surface area contributed by atoms with E-state index < -0.39 is 6.10 Å². The Hall–Kier alpha value is -0.940. The van der Waals surface area contributed by atoms with Gasteiger partial charge in [-0.15, -0.1) is 22.7 Å². The molecule has 0 radical (unpaired) electrons. The zero-order valence-corrected chi connectivity index (χ0v) is 11.5. The van der Waals surface area contributed by atoms with E-state index in [0.29, 0.717) is 4.34 Å². The second kappa shape index (κ2) is 4.63. The first-order chi connectivity index (χ1) is 8.63. The molecule has 3 aromatic rings. The first kappa shape index (κ1) is 12.1. The molecule has 1 nitrogen and oxygen atoms in total. The maximum absolute atomic E-state index is 13.1. The van der Waals surface area contributed by atoms with Gasteiger partial charge in [0.15, 0.2) is 0 Å². The molecule has 1 atom stereocenters. The van der Waals surface area contributed by atoms with Crippen molar-refractivity contribution < 1.29 is 9.50 Å². The van der Waals surface area contributed by atoms with Crippen LogP contribution < -0.4 is 0 Å². The van der Waals surface area contributed by atoms with Crippen LogP contribution in [0, 0.1) is 5.82 Å². The van der Waals surface area contributed by atoms with E-state index in [4.69, 9.17) is 11.6 Å². The molecule has 0 bridgehead atoms. The van der Waals surface area contributed by atoms with Gasteiger partial charge in [-0.2, -0.15) is 0 Å². The van der Waals surface area contributed by atoms with Crippen LogP contribution in [0.1, 0.15) is 15.9 Å². The molecular weight excluding hydrogens is 291 g/mol. The van der Waals surface area contributed by atoms with Crippen LogP contribution >= 0.6 is 34.3 Å². The number of fused-ring (bicyclic) bond motifs is 1. The van der Waals surface area contributed by atoms with Crippen LogP contribution in [0.25, 0.3) is 10.1 Å². The molecule has 0 fully saturated rings. The Bertz CT molecular complexity index is 704. The van der Waals surface area contributed by atoms with Crippen molar-refractivity contribution in [2.24, 2.45) is 0 Å². The third kappa shape index (κ3) is 2.17. The van der Waals surface area contributed by atoms with Crippen molar-refractivity contribution in [2.75, 3.05) is 0 Å². The van der Waals surface area contributed by atoms with Crippen molar-refractivity contribution in [1.29, 1.82) is 0 Å². The summed E-state index contributed by atoms with van der Waals surface area (Å²) in [7, 11) is 0. The van der Waals surface area contributed by atoms with Crippen LogP contribution in [-0.4, -0.2) is 5.11 Å². The normalized spacial score (nSPS) is 13.1. The van der Waals surface area contributed by atoms with Gasteiger partial charge < -0.3 is 5.11 Å². The zero-order chi connectivity index (χ0) is 12.7. The third-order valence-electron chi connectivity index (χ3n) is 2.63. The van der Waals surface area contributed by atoms with E-state index in [9.17, 15) is 9.50 Å². The molecule has 18 heavy (non-hydrogen) atoms. The fourth-order valence-electron chi connectivity index (χ4n) is 1.78. The number of hydrogen-bond donors (Lipinski definition) is 1. The van der Waals surface area contributed by atoms with Gasteiger partial charge >= 0.3 is 0 Å². The smallest absolute Gasteiger partial charge is 0.124 e. The van der Waals surface area contributed by atoms with E-state index in [1.807, 2.05) is 12.1 Å². The van der Waals surface area contributed by atoms with E-state index in [0.717, 1.165) is 19.8 Å². The van der Waals surface area contributed by atoms with Gasteiger partial charge in [0.25, 0.3) is 0 Å². The summed E-state index contributed by atoms with van der Waals surface area (Å²) in [4.78, 5) is 1.60. The van der Waals surface area contributed by atoms with Gasteiger partial charge in [0.2, 0.25) is 0 Å². The highest BCUT2D eigenvalue weighted by atomic mass is 35.5. The Morgan fingerprint density at radius 3 is 2.61 bits per heavy atom. The van der Waals surface area contributed by atoms with Crippen molar-refractivity contribution in [2.45, 2.75) is 6.10 Å². The van der Waals surface area contributed by atoms with E-state index in [1.165, 1.54) is 34.8 Å². The van der Waals surface area contributed by atoms with E-state index in [1.54, 1.807) is 12.1 Å². The lowest BCUT2D eigenvalue weighted by molar-refractivity contribution is 0.228. The van der Waals surface area contributed by atoms with Gasteiger partial charge in [-0.05, 0) is 35.7 Å². The van der Waals surface area contributed by atoms with Crippen LogP contribution in [0.3, 0.4) is 0 Å². The van der Waals surface area contributed by atoms with Crippen LogP contribution in [0.5, 0.6) is 0 Å². The summed E-state index contributed by atoms with van der Waals surface area (Å²) in [5.41, 5.74) is 0. The fraction of sp³-hybridized carbons (Fsp3) is 0.0769. The maximum atomic E-state index is 13.1. The Kier molecular flexibility index (Phi) is 3.11. The molecular formula is C13H8ClFOS2. The second-order valence-corrected chi connectivity index (χ2v) is 6.74. The Balaban J connectivity index is 2.03. The lowest BCUT2D eigenvalue weighted by Gasteiger charge is -2.04. The number of aliphatic hydroxyl groups is 1. The van der Waals surface area contributed by atoms with Gasteiger partial charge in [-0.1, -0.05) is 17.7 Å². The highest BCUT2D eigenvalue weighted by Crippen LogP contribution is 2.36. The lowest BCUT2D eigenvalue weighted by Crippen LogP contribution is -1.92. The zero-order valence-electron chi connectivity index (χ0n) is 9.06. The van der Waals surface area contributed by atoms with Crippen molar-refractivity contribution in [3.8, 4) is 0 Å². The molecule has 0 amide bonds. The first-order valence-corrected chi connectivity index (χ1v) is 7.27. The van der Waals surface area contributed by atoms with Gasteiger partial charge in [-0.25, -0.2) is 4.39 Å². The Morgan fingerprint density at radius 1 is 1.06 bits per heavy atom. The molecule has 0 aliphatic carbocycles. The molecule has 2 heterocycles. The number of thiophene rings is 2. The minimum Gasteiger partial charge on any atom is -0.382 e. The number of benzene rings is 1. The summed E-state index contributed by atoms with van der Waals surface area (Å²) in [5, 5.41) is 11.2. The molecule has 0 spiro atoms. The molecule has 1 aromatic carbocycles. The number of rotatable bonds is 2. The van der Waals surface area contributed by atoms with Crippen molar-refractivity contribution in [1.82, 2.24) is 0 Å². The topological polar surface area (TPSA) is 20.2 Å². The summed E-state index contributed by atoms with van der Waals surface area (Å²) in [6, 6.07) is 10.1. The number of halogens is 2. The molecule has 2 aromatic heterocycles. The van der Waals surface area contributed by atoms with Gasteiger partial charge in [-0.3, -0.25) is 0 Å². The van der Waals surface area contributed by atoms with Crippen LogP contribution in [0.2, 0.25) is 4.34 Å². The quantitative estimate of drug-likeness (QED) is 0.718. The van der Waals surface area contributed by atoms with E-state index >= 15 is 0 Å². The first-order valence-electron chi connectivity index (χ1n) is 5.26. The molecule has 0 aliphatic heterocycles. The Labute approximate surface area is 116 Å². The average Bonchev–Trinajstić information content (AvgIpc) is 2.93. The molecule has 3 rings (SSSR count). The highest BCUT2D eigenvalue weighted by Gasteiger charge is 2.15. The summed E-state index contributed by atoms with van der Waals surface area (Å²) in [6.45, 7) is 0. The number of aliphatic hydroxyl groups excluding tert-OH is 1. The van der Waals surface area contributed by atoms with Crippen LogP contribution in [-0.2, 0) is 0 Å². The molecule has 0 saturated heterocycles. The molecule has 5 heteroatoms. The predicted octanol–water partition coefficient (Wildman–Crippen LogP) is 4.84. The molecule has 92 valence electrons. The van der Waals surface area contributed by atoms with Crippen molar-refractivity contribution in [3.05, 3.63) is 56.3 Å². The standard InChI is InChI=1S/C13H8ClFOS2/c14-12-4-3-9(18-12)13(16)11-5-7-1-2-8(15)6-10(7)17-11/h1-6,13,16H. The van der Waals surface area contributed by atoms with Gasteiger partial charge in [0.05, 0.1) is 4.34 Å². The monoisotopic (exact) mass is 298 g/mol. The minimum absolute atomic E-state index is 0.260. The van der Waals surface area contributed by atoms with Crippen molar-refractivity contribution >= 4 is 44.4 Å². The minimum atomic E-state index is -0.692. The average molecular weight is 299 g/mol. The maximum Gasteiger partial charge on any atom is 0.124 e. The van der Waals surface area contributed by atoms with E-state index in [-0.39, 0.29) is 5.82 Å². The predicted molar refractivity (Wildman–Crippen MR) is 75.2 cm³/mol. The summed E-state index contributed by atoms with van der Waals surface area (Å²) in [6.07, 6.45) is -0.692. The molecule has 1 N–H and O–H groups in total. The SMILES string of the molecule is OC(c1ccc(Cl)s1)c1cc2ccc(F)cc2s1. The summed E-state index contributed by atoms with van der Waals surface area (Å²) >= 11 is 8.60. The largest absolute Gasteiger partial charge is 0.382 e. The lowest BCUT2D eigenvalue weighted by atomic mass is 10.2. The Morgan fingerprint density at radius 2 is 1.89 bits per heavy atom. The van der Waals surface area contributed by atoms with Crippen LogP contribution in [0.4, 0.5) is 4.39 Å². The molecule has 0 aliphatic rings. The summed E-state index contributed by atoms with van der Waals surface area (Å²) in [5.74, 6) is -0.260. The van der Waals surface area contributed by atoms with Gasteiger partial charge in [0.1, 0.15) is 11.9 Å². The molecule has 1 unspecified atom stereocenters. The van der Waals surface area contributed by atoms with Crippen LogP contribution in [0.15, 0.2) is 36.4 Å². The van der Waals surface area contributed by atoms with E-state index in [2.05, 4.69) is 0 Å².